The Morgan fingerprint density at radius 3 is 2.49 bits per heavy atom. The van der Waals surface area contributed by atoms with E-state index in [1.54, 1.807) is 11.1 Å². The Balaban J connectivity index is 1.59. The van der Waals surface area contributed by atoms with Gasteiger partial charge in [-0.15, -0.1) is 0 Å². The highest BCUT2D eigenvalue weighted by molar-refractivity contribution is 5.97. The van der Waals surface area contributed by atoms with E-state index in [1.807, 2.05) is 13.8 Å². The van der Waals surface area contributed by atoms with Gasteiger partial charge in [-0.2, -0.15) is 0 Å². The summed E-state index contributed by atoms with van der Waals surface area (Å²) in [6, 6.07) is 3.58. The fraction of sp³-hybridized carbons (Fsp3) is 0.593. The maximum atomic E-state index is 14.3. The molecule has 8 heteroatoms. The molecule has 2 aromatic rings. The fourth-order valence-corrected chi connectivity index (χ4v) is 5.62. The van der Waals surface area contributed by atoms with Gasteiger partial charge < -0.3 is 14.5 Å². The van der Waals surface area contributed by atoms with Gasteiger partial charge in [0.2, 0.25) is 0 Å². The van der Waals surface area contributed by atoms with Gasteiger partial charge in [-0.25, -0.2) is 18.7 Å². The minimum Gasteiger partial charge on any atom is -0.451 e. The molecule has 2 aliphatic rings. The molecule has 2 fully saturated rings. The zero-order valence-electron chi connectivity index (χ0n) is 21.1. The maximum Gasteiger partial charge on any atom is 0.258 e. The smallest absolute Gasteiger partial charge is 0.258 e. The van der Waals surface area contributed by atoms with Gasteiger partial charge in [0.1, 0.15) is 24.1 Å². The van der Waals surface area contributed by atoms with Crippen LogP contribution in [0.4, 0.5) is 14.6 Å². The van der Waals surface area contributed by atoms with Gasteiger partial charge in [-0.1, -0.05) is 26.7 Å². The third-order valence-corrected chi connectivity index (χ3v) is 7.20. The molecule has 1 aromatic heterocycles. The van der Waals surface area contributed by atoms with Crippen LogP contribution in [0, 0.1) is 11.2 Å². The summed E-state index contributed by atoms with van der Waals surface area (Å²) in [5.74, 6) is 0.447. The van der Waals surface area contributed by atoms with Gasteiger partial charge in [0.25, 0.3) is 5.91 Å². The number of rotatable bonds is 10. The Bertz CT molecular complexity index is 1030. The Morgan fingerprint density at radius 1 is 1.20 bits per heavy atom. The molecule has 1 aromatic carbocycles. The van der Waals surface area contributed by atoms with Crippen molar-refractivity contribution in [2.24, 2.45) is 5.41 Å². The molecule has 1 aliphatic heterocycles. The maximum absolute atomic E-state index is 14.3. The molecule has 190 valence electrons. The lowest BCUT2D eigenvalue weighted by Gasteiger charge is -2.51. The second kappa shape index (κ2) is 10.5. The number of hydrogen-bond donors (Lipinski definition) is 0. The minimum atomic E-state index is -0.898. The van der Waals surface area contributed by atoms with Crippen molar-refractivity contribution in [1.29, 1.82) is 0 Å². The van der Waals surface area contributed by atoms with Gasteiger partial charge in [0, 0.05) is 30.6 Å². The fourth-order valence-electron chi connectivity index (χ4n) is 5.62. The SMILES string of the molecule is CCCC1(CCC)CN(c2ncncc2Oc2ccc(F)cc2C(=O)N(C(C)C)C2CC(F)C2)C1. The molecule has 0 atom stereocenters. The van der Waals surface area contributed by atoms with E-state index in [0.717, 1.165) is 25.9 Å². The molecule has 6 nitrogen and oxygen atoms in total. The largest absolute Gasteiger partial charge is 0.451 e. The summed E-state index contributed by atoms with van der Waals surface area (Å²) in [4.78, 5) is 26.0. The van der Waals surface area contributed by atoms with E-state index in [-0.39, 0.29) is 34.7 Å². The lowest BCUT2D eigenvalue weighted by atomic mass is 9.72. The third kappa shape index (κ3) is 5.26. The molecular weight excluding hydrogens is 450 g/mol. The number of anilines is 1. The summed E-state index contributed by atoms with van der Waals surface area (Å²) in [5, 5.41) is 0. The van der Waals surface area contributed by atoms with Crippen molar-refractivity contribution in [2.45, 2.75) is 84.5 Å². The molecule has 2 heterocycles. The van der Waals surface area contributed by atoms with Crippen molar-refractivity contribution in [3.63, 3.8) is 0 Å². The van der Waals surface area contributed by atoms with E-state index in [4.69, 9.17) is 4.74 Å². The predicted octanol–water partition coefficient (Wildman–Crippen LogP) is 6.17. The van der Waals surface area contributed by atoms with Crippen molar-refractivity contribution in [1.82, 2.24) is 14.9 Å². The van der Waals surface area contributed by atoms with Crippen molar-refractivity contribution in [3.05, 3.63) is 42.1 Å². The predicted molar refractivity (Wildman–Crippen MR) is 132 cm³/mol. The highest BCUT2D eigenvalue weighted by Gasteiger charge is 2.43. The van der Waals surface area contributed by atoms with Gasteiger partial charge in [-0.05, 0) is 57.7 Å². The van der Waals surface area contributed by atoms with Gasteiger partial charge >= 0.3 is 0 Å². The van der Waals surface area contributed by atoms with Crippen LogP contribution in [0.2, 0.25) is 0 Å². The molecule has 4 rings (SSSR count). The van der Waals surface area contributed by atoms with Crippen LogP contribution in [0.5, 0.6) is 11.5 Å². The van der Waals surface area contributed by atoms with Crippen LogP contribution in [-0.4, -0.2) is 52.1 Å². The number of benzene rings is 1. The Hall–Kier alpha value is -2.77. The molecule has 0 N–H and O–H groups in total. The van der Waals surface area contributed by atoms with Crippen LogP contribution in [0.1, 0.15) is 76.6 Å². The number of carbonyl (C=O) groups excluding carboxylic acids is 1. The standard InChI is InChI=1S/C27H36F2N4O2/c1-5-9-27(10-6-2)15-32(16-27)25-24(14-30-17-31-25)35-23-8-7-19(28)13-22(23)26(34)33(18(3)4)21-11-20(29)12-21/h7-8,13-14,17-18,20-21H,5-6,9-12,15-16H2,1-4H3. The van der Waals surface area contributed by atoms with Crippen molar-refractivity contribution < 1.29 is 18.3 Å². The highest BCUT2D eigenvalue weighted by Crippen LogP contribution is 2.44. The van der Waals surface area contributed by atoms with E-state index in [2.05, 4.69) is 28.7 Å². The van der Waals surface area contributed by atoms with Crippen LogP contribution in [0.3, 0.4) is 0 Å². The van der Waals surface area contributed by atoms with Crippen LogP contribution in [0.25, 0.3) is 0 Å². The van der Waals surface area contributed by atoms with Crippen molar-refractivity contribution in [2.75, 3.05) is 18.0 Å². The molecule has 1 amide bonds. The molecule has 35 heavy (non-hydrogen) atoms. The number of ether oxygens (including phenoxy) is 1. The van der Waals surface area contributed by atoms with E-state index < -0.39 is 12.0 Å². The molecule has 0 bridgehead atoms. The lowest BCUT2D eigenvalue weighted by molar-refractivity contribution is 0.0264. The zero-order chi connectivity index (χ0) is 25.2. The van der Waals surface area contributed by atoms with Crippen molar-refractivity contribution in [3.8, 4) is 11.5 Å². The van der Waals surface area contributed by atoms with Crippen LogP contribution in [0.15, 0.2) is 30.7 Å². The first-order valence-corrected chi connectivity index (χ1v) is 12.8. The monoisotopic (exact) mass is 486 g/mol. The number of alkyl halides is 1. The summed E-state index contributed by atoms with van der Waals surface area (Å²) in [7, 11) is 0. The first-order chi connectivity index (χ1) is 16.8. The second-order valence-electron chi connectivity index (χ2n) is 10.3. The summed E-state index contributed by atoms with van der Waals surface area (Å²) in [6.45, 7) is 9.98. The average molecular weight is 487 g/mol. The number of amides is 1. The topological polar surface area (TPSA) is 58.6 Å². The van der Waals surface area contributed by atoms with E-state index in [9.17, 15) is 13.6 Å². The minimum absolute atomic E-state index is 0.116. The Labute approximate surface area is 206 Å². The quantitative estimate of drug-likeness (QED) is 0.402. The summed E-state index contributed by atoms with van der Waals surface area (Å²) in [5.41, 5.74) is 0.406. The lowest BCUT2D eigenvalue weighted by Crippen LogP contribution is -2.56. The summed E-state index contributed by atoms with van der Waals surface area (Å²) < 4.78 is 34.0. The van der Waals surface area contributed by atoms with E-state index in [0.29, 0.717) is 24.4 Å². The number of carbonyl (C=O) groups is 1. The first kappa shape index (κ1) is 25.3. The number of hydrogen-bond acceptors (Lipinski definition) is 5. The zero-order valence-corrected chi connectivity index (χ0v) is 21.1. The molecule has 0 radical (unpaired) electrons. The van der Waals surface area contributed by atoms with E-state index in [1.165, 1.54) is 37.4 Å². The highest BCUT2D eigenvalue weighted by atomic mass is 19.1. The summed E-state index contributed by atoms with van der Waals surface area (Å²) in [6.07, 6.45) is 7.39. The molecule has 0 unspecified atom stereocenters. The Morgan fingerprint density at radius 2 is 1.89 bits per heavy atom. The van der Waals surface area contributed by atoms with Crippen molar-refractivity contribution >= 4 is 11.7 Å². The third-order valence-electron chi connectivity index (χ3n) is 7.20. The second-order valence-corrected chi connectivity index (χ2v) is 10.3. The van der Waals surface area contributed by atoms with Gasteiger partial charge in [0.15, 0.2) is 11.6 Å². The average Bonchev–Trinajstić information content (AvgIpc) is 2.77. The number of halogens is 2. The number of nitrogens with zero attached hydrogens (tertiary/aromatic N) is 4. The summed E-state index contributed by atoms with van der Waals surface area (Å²) >= 11 is 0. The van der Waals surface area contributed by atoms with Crippen LogP contribution >= 0.6 is 0 Å². The molecular formula is C27H36F2N4O2. The molecule has 1 aliphatic carbocycles. The number of aromatic nitrogens is 2. The van der Waals surface area contributed by atoms with Gasteiger partial charge in [0.05, 0.1) is 11.8 Å². The van der Waals surface area contributed by atoms with Crippen LogP contribution < -0.4 is 9.64 Å². The van der Waals surface area contributed by atoms with Crippen LogP contribution in [-0.2, 0) is 0 Å². The Kier molecular flexibility index (Phi) is 7.57. The molecule has 0 spiro atoms. The first-order valence-electron chi connectivity index (χ1n) is 12.8. The molecule has 1 saturated carbocycles. The normalized spacial score (nSPS) is 20.8. The van der Waals surface area contributed by atoms with E-state index >= 15 is 0 Å². The molecule has 1 saturated heterocycles. The van der Waals surface area contributed by atoms with Gasteiger partial charge in [-0.3, -0.25) is 4.79 Å².